The second-order valence-corrected chi connectivity index (χ2v) is 1.87. The highest BCUT2D eigenvalue weighted by Crippen LogP contribution is 2.04. The fraction of sp³-hybridized carbons (Fsp3) is 0. The number of fused-ring (bicyclic) bond motifs is 1. The fourth-order valence-corrected chi connectivity index (χ4v) is 0.768. The van der Waals surface area contributed by atoms with E-state index in [1.54, 1.807) is 16.7 Å². The molecule has 0 atom stereocenters. The third kappa shape index (κ3) is 0.556. The highest BCUT2D eigenvalue weighted by atomic mass is 16.5. The first-order valence-corrected chi connectivity index (χ1v) is 2.82. The van der Waals surface area contributed by atoms with Gasteiger partial charge in [0.15, 0.2) is 6.33 Å². The molecule has 0 radical (unpaired) electrons. The van der Waals surface area contributed by atoms with E-state index in [0.717, 1.165) is 5.69 Å². The van der Waals surface area contributed by atoms with Crippen molar-refractivity contribution in [3.05, 3.63) is 24.7 Å². The second kappa shape index (κ2) is 1.70. The molecule has 2 rings (SSSR count). The Labute approximate surface area is 56.7 Å². The van der Waals surface area contributed by atoms with Crippen molar-refractivity contribution in [1.29, 1.82) is 0 Å². The highest BCUT2D eigenvalue weighted by molar-refractivity contribution is 5.48. The number of rotatable bonds is 1. The van der Waals surface area contributed by atoms with Gasteiger partial charge in [0, 0.05) is 6.07 Å². The Morgan fingerprint density at radius 1 is 1.70 bits per heavy atom. The first-order chi connectivity index (χ1) is 4.90. The molecule has 0 spiro atoms. The van der Waals surface area contributed by atoms with Crippen molar-refractivity contribution in [2.24, 2.45) is 0 Å². The summed E-state index contributed by atoms with van der Waals surface area (Å²) >= 11 is 0. The van der Waals surface area contributed by atoms with E-state index in [2.05, 4.69) is 16.8 Å². The van der Waals surface area contributed by atoms with E-state index in [4.69, 9.17) is 4.52 Å². The Kier molecular flexibility index (Phi) is 0.887. The molecule has 0 saturated heterocycles. The van der Waals surface area contributed by atoms with Gasteiger partial charge in [0.1, 0.15) is 0 Å². The van der Waals surface area contributed by atoms with Crippen LogP contribution in [0, 0.1) is 0 Å². The van der Waals surface area contributed by atoms with Crippen LogP contribution in [0.15, 0.2) is 23.5 Å². The summed E-state index contributed by atoms with van der Waals surface area (Å²) in [6.45, 7) is 3.57. The van der Waals surface area contributed by atoms with Crippen LogP contribution in [0.25, 0.3) is 11.8 Å². The molecule has 0 unspecified atom stereocenters. The van der Waals surface area contributed by atoms with Gasteiger partial charge >= 0.3 is 0 Å². The Morgan fingerprint density at radius 2 is 2.60 bits per heavy atom. The molecule has 0 fully saturated rings. The number of aromatic nitrogens is 3. The van der Waals surface area contributed by atoms with Gasteiger partial charge in [-0.3, -0.25) is 0 Å². The molecule has 50 valence electrons. The van der Waals surface area contributed by atoms with E-state index in [9.17, 15) is 0 Å². The molecular formula is C6H5N3O. The van der Waals surface area contributed by atoms with Crippen LogP contribution >= 0.6 is 0 Å². The molecule has 0 aliphatic carbocycles. The summed E-state index contributed by atoms with van der Waals surface area (Å²) in [7, 11) is 0. The molecule has 2 aromatic heterocycles. The quantitative estimate of drug-likeness (QED) is 0.585. The van der Waals surface area contributed by atoms with Gasteiger partial charge in [0.25, 0.3) is 5.71 Å². The molecule has 0 amide bonds. The number of nitrogens with zero attached hydrogens (tertiary/aromatic N) is 3. The van der Waals surface area contributed by atoms with Crippen molar-refractivity contribution in [2.75, 3.05) is 0 Å². The largest absolute Gasteiger partial charge is 0.335 e. The molecule has 0 aliphatic heterocycles. The Hall–Kier alpha value is -1.58. The molecule has 4 nitrogen and oxygen atoms in total. The summed E-state index contributed by atoms with van der Waals surface area (Å²) in [5.41, 5.74) is 1.43. The van der Waals surface area contributed by atoms with Crippen molar-refractivity contribution in [2.45, 2.75) is 0 Å². The fourth-order valence-electron chi connectivity index (χ4n) is 0.768. The standard InChI is InChI=1S/C6H5N3O/c1-2-5-3-6-9(8-5)4-7-10-6/h2-4H,1H2. The molecule has 0 aromatic carbocycles. The smallest absolute Gasteiger partial charge is 0.253 e. The average molecular weight is 135 g/mol. The topological polar surface area (TPSA) is 43.3 Å². The Bertz CT molecular complexity index is 331. The van der Waals surface area contributed by atoms with Crippen molar-refractivity contribution >= 4 is 11.8 Å². The highest BCUT2D eigenvalue weighted by Gasteiger charge is 1.99. The summed E-state index contributed by atoms with van der Waals surface area (Å²) < 4.78 is 6.36. The third-order valence-electron chi connectivity index (χ3n) is 1.23. The Balaban J connectivity index is 2.78. The summed E-state index contributed by atoms with van der Waals surface area (Å²) in [5.74, 6) is 0. The van der Waals surface area contributed by atoms with Crippen LogP contribution in [0.2, 0.25) is 0 Å². The second-order valence-electron chi connectivity index (χ2n) is 1.87. The molecule has 0 bridgehead atoms. The number of hydrogen-bond acceptors (Lipinski definition) is 3. The maximum absolute atomic E-state index is 4.80. The van der Waals surface area contributed by atoms with E-state index in [-0.39, 0.29) is 0 Å². The predicted molar refractivity (Wildman–Crippen MR) is 35.3 cm³/mol. The molecule has 2 aromatic rings. The maximum atomic E-state index is 4.80. The van der Waals surface area contributed by atoms with E-state index < -0.39 is 0 Å². The minimum absolute atomic E-state index is 0.634. The first-order valence-electron chi connectivity index (χ1n) is 2.82. The minimum atomic E-state index is 0.634. The zero-order chi connectivity index (χ0) is 6.97. The zero-order valence-electron chi connectivity index (χ0n) is 5.19. The van der Waals surface area contributed by atoms with Crippen LogP contribution in [0.1, 0.15) is 5.69 Å². The SMILES string of the molecule is C=Cc1cc2oncn2n1. The van der Waals surface area contributed by atoms with Crippen LogP contribution in [0.4, 0.5) is 0 Å². The van der Waals surface area contributed by atoms with Crippen molar-refractivity contribution in [3.63, 3.8) is 0 Å². The van der Waals surface area contributed by atoms with Gasteiger partial charge < -0.3 is 4.52 Å². The van der Waals surface area contributed by atoms with E-state index in [0.29, 0.717) is 5.71 Å². The molecule has 0 N–H and O–H groups in total. The molecule has 0 aliphatic rings. The normalized spacial score (nSPS) is 10.4. The van der Waals surface area contributed by atoms with Crippen LogP contribution in [-0.4, -0.2) is 14.8 Å². The van der Waals surface area contributed by atoms with Crippen LogP contribution in [0.5, 0.6) is 0 Å². The molecule has 4 heteroatoms. The summed E-state index contributed by atoms with van der Waals surface area (Å²) in [6, 6.07) is 1.76. The van der Waals surface area contributed by atoms with E-state index >= 15 is 0 Å². The first kappa shape index (κ1) is 5.22. The lowest BCUT2D eigenvalue weighted by atomic mass is 10.4. The van der Waals surface area contributed by atoms with Gasteiger partial charge in [-0.2, -0.15) is 9.61 Å². The third-order valence-corrected chi connectivity index (χ3v) is 1.23. The van der Waals surface area contributed by atoms with Gasteiger partial charge in [0.2, 0.25) is 0 Å². The van der Waals surface area contributed by atoms with E-state index in [1.165, 1.54) is 6.33 Å². The summed E-state index contributed by atoms with van der Waals surface area (Å²) in [4.78, 5) is 0. The summed E-state index contributed by atoms with van der Waals surface area (Å²) in [5, 5.41) is 7.56. The average Bonchev–Trinajstić information content (AvgIpc) is 2.42. The maximum Gasteiger partial charge on any atom is 0.253 e. The molecular weight excluding hydrogens is 130 g/mol. The van der Waals surface area contributed by atoms with Crippen LogP contribution in [0.3, 0.4) is 0 Å². The molecule has 0 saturated carbocycles. The summed E-state index contributed by atoms with van der Waals surface area (Å²) in [6.07, 6.45) is 3.16. The lowest BCUT2D eigenvalue weighted by Crippen LogP contribution is -1.79. The molecule has 2 heterocycles. The van der Waals surface area contributed by atoms with Gasteiger partial charge in [-0.05, 0) is 6.08 Å². The van der Waals surface area contributed by atoms with E-state index in [1.807, 2.05) is 0 Å². The van der Waals surface area contributed by atoms with Gasteiger partial charge in [0.05, 0.1) is 5.69 Å². The van der Waals surface area contributed by atoms with Crippen molar-refractivity contribution in [3.8, 4) is 0 Å². The number of hydrogen-bond donors (Lipinski definition) is 0. The van der Waals surface area contributed by atoms with Crippen molar-refractivity contribution < 1.29 is 4.52 Å². The lowest BCUT2D eigenvalue weighted by molar-refractivity contribution is 0.455. The Morgan fingerprint density at radius 3 is 3.30 bits per heavy atom. The van der Waals surface area contributed by atoms with Gasteiger partial charge in [-0.15, -0.1) is 0 Å². The monoisotopic (exact) mass is 135 g/mol. The van der Waals surface area contributed by atoms with Crippen LogP contribution in [-0.2, 0) is 0 Å². The predicted octanol–water partition coefficient (Wildman–Crippen LogP) is 0.965. The van der Waals surface area contributed by atoms with Gasteiger partial charge in [-0.25, -0.2) is 0 Å². The zero-order valence-corrected chi connectivity index (χ0v) is 5.19. The van der Waals surface area contributed by atoms with Crippen molar-refractivity contribution in [1.82, 2.24) is 14.8 Å². The molecule has 10 heavy (non-hydrogen) atoms. The lowest BCUT2D eigenvalue weighted by Gasteiger charge is -1.73. The van der Waals surface area contributed by atoms with Gasteiger partial charge in [-0.1, -0.05) is 11.7 Å². The minimum Gasteiger partial charge on any atom is -0.335 e. The van der Waals surface area contributed by atoms with Crippen LogP contribution < -0.4 is 0 Å².